The van der Waals surface area contributed by atoms with Crippen molar-refractivity contribution in [1.82, 2.24) is 5.32 Å². The van der Waals surface area contributed by atoms with Crippen molar-refractivity contribution in [3.05, 3.63) is 48.6 Å². The molecule has 0 saturated carbocycles. The van der Waals surface area contributed by atoms with Crippen LogP contribution >= 0.6 is 0 Å². The lowest BCUT2D eigenvalue weighted by Gasteiger charge is -2.24. The summed E-state index contributed by atoms with van der Waals surface area (Å²) in [6.07, 6.45) is 58.8. The van der Waals surface area contributed by atoms with Crippen LogP contribution in [0.3, 0.4) is 0 Å². The molecule has 61 heavy (non-hydrogen) atoms. The molecule has 0 fully saturated rings. The second-order valence-electron chi connectivity index (χ2n) is 17.9. The largest absolute Gasteiger partial charge is 0.462 e. The van der Waals surface area contributed by atoms with Crippen LogP contribution in [0.4, 0.5) is 0 Å². The fourth-order valence-electron chi connectivity index (χ4n) is 7.89. The maximum absolute atomic E-state index is 13.2. The molecule has 3 unspecified atom stereocenters. The lowest BCUT2D eigenvalue weighted by molar-refractivity contribution is -0.151. The number of hydrogen-bond donors (Lipinski definition) is 3. The number of aliphatic hydroxyl groups is 2. The highest BCUT2D eigenvalue weighted by Gasteiger charge is 2.24. The predicted octanol–water partition coefficient (Wildman–Crippen LogP) is 15.8. The molecule has 0 aliphatic heterocycles. The summed E-state index contributed by atoms with van der Waals surface area (Å²) in [5.74, 6) is -0.532. The van der Waals surface area contributed by atoms with E-state index in [1.165, 1.54) is 148 Å². The maximum Gasteiger partial charge on any atom is 0.306 e. The van der Waals surface area contributed by atoms with E-state index in [0.29, 0.717) is 25.7 Å². The average molecular weight is 856 g/mol. The highest BCUT2D eigenvalue weighted by atomic mass is 16.5. The molecule has 3 N–H and O–H groups in total. The molecule has 356 valence electrons. The van der Waals surface area contributed by atoms with Gasteiger partial charge in [0.15, 0.2) is 0 Å². The summed E-state index contributed by atoms with van der Waals surface area (Å²) in [5.41, 5.74) is 0. The first-order valence-electron chi connectivity index (χ1n) is 26.4. The van der Waals surface area contributed by atoms with Gasteiger partial charge >= 0.3 is 5.97 Å². The van der Waals surface area contributed by atoms with Crippen LogP contribution in [0.15, 0.2) is 48.6 Å². The van der Waals surface area contributed by atoms with Crippen LogP contribution in [-0.2, 0) is 14.3 Å². The summed E-state index contributed by atoms with van der Waals surface area (Å²) in [5, 5.41) is 23.8. The Labute approximate surface area is 378 Å². The fraction of sp³-hybridized carbons (Fsp3) is 0.818. The molecular formula is C55H101NO5. The zero-order valence-corrected chi connectivity index (χ0v) is 40.5. The molecular weight excluding hydrogens is 755 g/mol. The minimum atomic E-state index is -0.795. The Hall–Kier alpha value is -2.18. The Morgan fingerprint density at radius 2 is 0.836 bits per heavy atom. The van der Waals surface area contributed by atoms with Gasteiger partial charge in [0, 0.05) is 6.42 Å². The number of rotatable bonds is 47. The fourth-order valence-corrected chi connectivity index (χ4v) is 7.89. The van der Waals surface area contributed by atoms with Gasteiger partial charge in [-0.2, -0.15) is 0 Å². The molecule has 6 heteroatoms. The van der Waals surface area contributed by atoms with Gasteiger partial charge in [0.25, 0.3) is 0 Å². The van der Waals surface area contributed by atoms with Gasteiger partial charge in [-0.15, -0.1) is 0 Å². The average Bonchev–Trinajstić information content (AvgIpc) is 3.25. The maximum atomic E-state index is 13.2. The molecule has 0 rings (SSSR count). The summed E-state index contributed by atoms with van der Waals surface area (Å²) in [4.78, 5) is 26.1. The molecule has 1 amide bonds. The normalized spacial score (nSPS) is 13.6. The summed E-state index contributed by atoms with van der Waals surface area (Å²) in [6.45, 7) is 6.45. The highest BCUT2D eigenvalue weighted by Crippen LogP contribution is 2.18. The van der Waals surface area contributed by atoms with Gasteiger partial charge in [0.1, 0.15) is 6.10 Å². The van der Waals surface area contributed by atoms with E-state index in [-0.39, 0.29) is 24.9 Å². The number of ether oxygens (including phenoxy) is 1. The molecule has 0 radical (unpaired) electrons. The first-order chi connectivity index (χ1) is 30.0. The lowest BCUT2D eigenvalue weighted by Crippen LogP contribution is -2.46. The van der Waals surface area contributed by atoms with Crippen LogP contribution in [0.5, 0.6) is 0 Å². The lowest BCUT2D eigenvalue weighted by atomic mass is 10.0. The number of carbonyl (C=O) groups excluding carboxylic acids is 2. The third kappa shape index (κ3) is 44.2. The number of hydrogen-bond acceptors (Lipinski definition) is 5. The van der Waals surface area contributed by atoms with E-state index in [9.17, 15) is 19.8 Å². The SMILES string of the molecule is CCCCC/C=C\C/C=C\C/C=C\C/C=C\CCCC(=O)OC(CCCCCCCCCCCCCC)CC(=O)NC(CO)C(O)CCCCCCCCCCCCCCC. The van der Waals surface area contributed by atoms with Gasteiger partial charge in [-0.3, -0.25) is 9.59 Å². The van der Waals surface area contributed by atoms with Crippen molar-refractivity contribution in [1.29, 1.82) is 0 Å². The summed E-state index contributed by atoms with van der Waals surface area (Å²) >= 11 is 0. The standard InChI is InChI=1S/C55H101NO5/c1-4-7-10-13-16-19-22-25-26-27-28-30-33-36-39-42-45-48-55(60)61-51(46-43-40-37-34-31-24-21-18-15-12-9-6-3)49-54(59)56-52(50-57)53(58)47-44-41-38-35-32-29-23-20-17-14-11-8-5-2/h16,19,25-26,28,30,36,39,51-53,57-58H,4-15,17-18,20-24,27,29,31-35,37-38,40-50H2,1-3H3,(H,56,59)/b19-16-,26-25-,30-28-,39-36-. The van der Waals surface area contributed by atoms with Crippen LogP contribution in [0.25, 0.3) is 0 Å². The number of carbonyl (C=O) groups is 2. The molecule has 0 bridgehead atoms. The van der Waals surface area contributed by atoms with Crippen LogP contribution in [0.2, 0.25) is 0 Å². The molecule has 0 heterocycles. The van der Waals surface area contributed by atoms with Gasteiger partial charge in [0.2, 0.25) is 5.91 Å². The molecule has 0 aromatic heterocycles. The van der Waals surface area contributed by atoms with Gasteiger partial charge < -0.3 is 20.3 Å². The van der Waals surface area contributed by atoms with Crippen LogP contribution in [0.1, 0.15) is 265 Å². The van der Waals surface area contributed by atoms with Crippen LogP contribution in [0, 0.1) is 0 Å². The summed E-state index contributed by atoms with van der Waals surface area (Å²) < 4.78 is 5.91. The number of amides is 1. The first kappa shape index (κ1) is 58.8. The van der Waals surface area contributed by atoms with Gasteiger partial charge in [-0.1, -0.05) is 236 Å². The first-order valence-corrected chi connectivity index (χ1v) is 26.4. The number of esters is 1. The third-order valence-electron chi connectivity index (χ3n) is 11.9. The number of unbranched alkanes of at least 4 members (excludes halogenated alkanes) is 27. The number of allylic oxidation sites excluding steroid dienone is 8. The zero-order valence-electron chi connectivity index (χ0n) is 40.5. The monoisotopic (exact) mass is 856 g/mol. The minimum absolute atomic E-state index is 0.0584. The molecule has 0 saturated heterocycles. The molecule has 3 atom stereocenters. The molecule has 0 aromatic carbocycles. The van der Waals surface area contributed by atoms with Crippen molar-refractivity contribution in [2.45, 2.75) is 283 Å². The van der Waals surface area contributed by atoms with E-state index in [1.54, 1.807) is 0 Å². The third-order valence-corrected chi connectivity index (χ3v) is 11.9. The van der Waals surface area contributed by atoms with Crippen molar-refractivity contribution >= 4 is 11.9 Å². The quantitative estimate of drug-likeness (QED) is 0.0322. The number of nitrogens with one attached hydrogen (secondary N) is 1. The van der Waals surface area contributed by atoms with Crippen molar-refractivity contribution in [2.75, 3.05) is 6.61 Å². The molecule has 6 nitrogen and oxygen atoms in total. The Morgan fingerprint density at radius 3 is 1.26 bits per heavy atom. The van der Waals surface area contributed by atoms with E-state index >= 15 is 0 Å². The zero-order chi connectivity index (χ0) is 44.5. The predicted molar refractivity (Wildman–Crippen MR) is 264 cm³/mol. The van der Waals surface area contributed by atoms with E-state index in [1.807, 2.05) is 0 Å². The van der Waals surface area contributed by atoms with Gasteiger partial charge in [-0.05, 0) is 64.2 Å². The van der Waals surface area contributed by atoms with Gasteiger partial charge in [-0.25, -0.2) is 0 Å². The second-order valence-corrected chi connectivity index (χ2v) is 17.9. The Morgan fingerprint density at radius 1 is 0.475 bits per heavy atom. The van der Waals surface area contributed by atoms with Crippen LogP contribution in [-0.4, -0.2) is 46.9 Å². The summed E-state index contributed by atoms with van der Waals surface area (Å²) in [7, 11) is 0. The van der Waals surface area contributed by atoms with Crippen molar-refractivity contribution < 1.29 is 24.5 Å². The molecule has 0 spiro atoms. The van der Waals surface area contributed by atoms with E-state index in [2.05, 4.69) is 74.7 Å². The van der Waals surface area contributed by atoms with E-state index < -0.39 is 18.2 Å². The van der Waals surface area contributed by atoms with E-state index in [0.717, 1.165) is 64.2 Å². The van der Waals surface area contributed by atoms with Crippen molar-refractivity contribution in [2.24, 2.45) is 0 Å². The minimum Gasteiger partial charge on any atom is -0.462 e. The van der Waals surface area contributed by atoms with Crippen molar-refractivity contribution in [3.8, 4) is 0 Å². The smallest absolute Gasteiger partial charge is 0.306 e. The second kappa shape index (κ2) is 48.8. The topological polar surface area (TPSA) is 95.9 Å². The molecule has 0 aromatic rings. The Kier molecular flexibility index (Phi) is 47.1. The Balaban J connectivity index is 4.62. The molecule has 0 aliphatic carbocycles. The highest BCUT2D eigenvalue weighted by molar-refractivity contribution is 5.77. The Bertz CT molecular complexity index is 1050. The van der Waals surface area contributed by atoms with E-state index in [4.69, 9.17) is 4.74 Å². The van der Waals surface area contributed by atoms with Crippen molar-refractivity contribution in [3.63, 3.8) is 0 Å². The molecule has 0 aliphatic rings. The summed E-state index contributed by atoms with van der Waals surface area (Å²) in [6, 6.07) is -0.710. The number of aliphatic hydroxyl groups excluding tert-OH is 2. The van der Waals surface area contributed by atoms with Crippen LogP contribution < -0.4 is 5.32 Å². The van der Waals surface area contributed by atoms with Gasteiger partial charge in [0.05, 0.1) is 25.2 Å².